The average molecular weight is 319 g/mol. The second kappa shape index (κ2) is 5.94. The number of allylic oxidation sites excluding steroid dienone is 6. The fraction of sp³-hybridized carbons (Fsp3) is 0.0714. The van der Waals surface area contributed by atoms with Gasteiger partial charge in [-0.15, -0.1) is 5.76 Å². The zero-order chi connectivity index (χ0) is 16.3. The van der Waals surface area contributed by atoms with Crippen molar-refractivity contribution in [3.63, 3.8) is 0 Å². The SMILES string of the molecule is CC([O-])=C1C=CC(=NS(=O)(=O)c2ccccc2[N+](=O)[O-])C=C1. The Labute approximate surface area is 126 Å². The van der Waals surface area contributed by atoms with E-state index in [4.69, 9.17) is 0 Å². The molecule has 1 aromatic carbocycles. The van der Waals surface area contributed by atoms with Gasteiger partial charge in [-0.25, -0.2) is 0 Å². The van der Waals surface area contributed by atoms with E-state index in [1.54, 1.807) is 0 Å². The van der Waals surface area contributed by atoms with Crippen LogP contribution in [-0.2, 0) is 10.0 Å². The Kier molecular flexibility index (Phi) is 4.22. The summed E-state index contributed by atoms with van der Waals surface area (Å²) in [6.45, 7) is 1.39. The van der Waals surface area contributed by atoms with Gasteiger partial charge in [0.25, 0.3) is 15.7 Å². The van der Waals surface area contributed by atoms with Gasteiger partial charge in [0.2, 0.25) is 0 Å². The van der Waals surface area contributed by atoms with Crippen LogP contribution in [0, 0.1) is 10.1 Å². The molecular weight excluding hydrogens is 308 g/mol. The quantitative estimate of drug-likeness (QED) is 0.476. The van der Waals surface area contributed by atoms with E-state index in [0.717, 1.165) is 12.1 Å². The first kappa shape index (κ1) is 15.6. The maximum atomic E-state index is 12.2. The van der Waals surface area contributed by atoms with Crippen LogP contribution in [0.1, 0.15) is 6.92 Å². The Morgan fingerprint density at radius 2 is 1.73 bits per heavy atom. The van der Waals surface area contributed by atoms with Gasteiger partial charge in [0.15, 0.2) is 4.90 Å². The molecule has 2 rings (SSSR count). The highest BCUT2D eigenvalue weighted by Crippen LogP contribution is 2.25. The van der Waals surface area contributed by atoms with Crippen molar-refractivity contribution in [2.24, 2.45) is 4.40 Å². The molecule has 8 heteroatoms. The Balaban J connectivity index is 2.45. The fourth-order valence-electron chi connectivity index (χ4n) is 1.77. The van der Waals surface area contributed by atoms with Gasteiger partial charge in [0.1, 0.15) is 0 Å². The number of hydrogen-bond donors (Lipinski definition) is 0. The van der Waals surface area contributed by atoms with E-state index in [1.165, 1.54) is 43.4 Å². The molecule has 0 saturated carbocycles. The highest BCUT2D eigenvalue weighted by atomic mass is 32.2. The lowest BCUT2D eigenvalue weighted by Gasteiger charge is -2.11. The predicted octanol–water partition coefficient (Wildman–Crippen LogP) is 1.48. The predicted molar refractivity (Wildman–Crippen MR) is 78.7 cm³/mol. The van der Waals surface area contributed by atoms with Gasteiger partial charge < -0.3 is 5.11 Å². The van der Waals surface area contributed by atoms with Gasteiger partial charge in [-0.1, -0.05) is 31.2 Å². The minimum atomic E-state index is -4.22. The zero-order valence-electron chi connectivity index (χ0n) is 11.5. The topological polar surface area (TPSA) is 113 Å². The van der Waals surface area contributed by atoms with Crippen LogP contribution >= 0.6 is 0 Å². The van der Waals surface area contributed by atoms with Crippen molar-refractivity contribution in [3.8, 4) is 0 Å². The van der Waals surface area contributed by atoms with Crippen LogP contribution in [0.25, 0.3) is 0 Å². The lowest BCUT2D eigenvalue weighted by molar-refractivity contribution is -0.387. The summed E-state index contributed by atoms with van der Waals surface area (Å²) >= 11 is 0. The van der Waals surface area contributed by atoms with Gasteiger partial charge in [-0.05, 0) is 23.8 Å². The molecule has 0 heterocycles. The number of nitro groups is 1. The van der Waals surface area contributed by atoms with E-state index in [2.05, 4.69) is 4.40 Å². The molecule has 114 valence electrons. The largest absolute Gasteiger partial charge is 0.875 e. The van der Waals surface area contributed by atoms with Crippen LogP contribution in [0.2, 0.25) is 0 Å². The molecule has 0 unspecified atom stereocenters. The lowest BCUT2D eigenvalue weighted by Crippen LogP contribution is -2.07. The van der Waals surface area contributed by atoms with E-state index in [-0.39, 0.29) is 11.5 Å². The minimum Gasteiger partial charge on any atom is -0.875 e. The third kappa shape index (κ3) is 3.29. The molecule has 0 fully saturated rings. The summed E-state index contributed by atoms with van der Waals surface area (Å²) in [5, 5.41) is 22.1. The second-order valence-electron chi connectivity index (χ2n) is 4.39. The Hall–Kier alpha value is -2.74. The van der Waals surface area contributed by atoms with Gasteiger partial charge >= 0.3 is 0 Å². The smallest absolute Gasteiger partial charge is 0.289 e. The van der Waals surface area contributed by atoms with Gasteiger partial charge in [0, 0.05) is 6.07 Å². The van der Waals surface area contributed by atoms with E-state index in [9.17, 15) is 23.6 Å². The van der Waals surface area contributed by atoms with Crippen LogP contribution in [-0.4, -0.2) is 19.1 Å². The van der Waals surface area contributed by atoms with Crippen molar-refractivity contribution in [1.29, 1.82) is 0 Å². The van der Waals surface area contributed by atoms with Crippen LogP contribution < -0.4 is 5.11 Å². The average Bonchev–Trinajstić information content (AvgIpc) is 2.47. The summed E-state index contributed by atoms with van der Waals surface area (Å²) in [5.74, 6) is -0.159. The molecular formula is C14H11N2O5S-. The van der Waals surface area contributed by atoms with Crippen molar-refractivity contribution in [3.05, 3.63) is 70.0 Å². The normalized spacial score (nSPS) is 14.0. The van der Waals surface area contributed by atoms with Crippen LogP contribution in [0.15, 0.2) is 69.2 Å². The van der Waals surface area contributed by atoms with Crippen molar-refractivity contribution >= 4 is 21.4 Å². The highest BCUT2D eigenvalue weighted by Gasteiger charge is 2.24. The Bertz CT molecular complexity index is 826. The van der Waals surface area contributed by atoms with Crippen molar-refractivity contribution in [2.45, 2.75) is 11.8 Å². The summed E-state index contributed by atoms with van der Waals surface area (Å²) in [4.78, 5) is 9.65. The molecule has 1 aliphatic carbocycles. The standard InChI is InChI=1S/C14H12N2O5S/c1-10(17)11-6-8-12(9-7-11)15-22(20,21)14-5-3-2-4-13(14)16(18)19/h2-9,17H,1H3/p-1. The molecule has 0 atom stereocenters. The van der Waals surface area contributed by atoms with Gasteiger partial charge in [0.05, 0.1) is 10.6 Å². The zero-order valence-corrected chi connectivity index (χ0v) is 12.3. The second-order valence-corrected chi connectivity index (χ2v) is 5.97. The number of benzene rings is 1. The van der Waals surface area contributed by atoms with E-state index < -0.39 is 25.5 Å². The number of nitro benzene ring substituents is 1. The fourth-order valence-corrected chi connectivity index (χ4v) is 2.93. The highest BCUT2D eigenvalue weighted by molar-refractivity contribution is 7.90. The summed E-state index contributed by atoms with van der Waals surface area (Å²) < 4.78 is 28.0. The van der Waals surface area contributed by atoms with Gasteiger partial charge in [-0.3, -0.25) is 10.1 Å². The number of para-hydroxylation sites is 1. The first-order valence-electron chi connectivity index (χ1n) is 6.14. The first-order chi connectivity index (χ1) is 10.3. The Morgan fingerprint density at radius 3 is 2.27 bits per heavy atom. The molecule has 0 aliphatic heterocycles. The van der Waals surface area contributed by atoms with E-state index >= 15 is 0 Å². The summed E-state index contributed by atoms with van der Waals surface area (Å²) in [7, 11) is -4.22. The minimum absolute atomic E-state index is 0.0863. The van der Waals surface area contributed by atoms with Crippen molar-refractivity contribution < 1.29 is 18.4 Å². The van der Waals surface area contributed by atoms with Gasteiger partial charge in [-0.2, -0.15) is 12.8 Å². The maximum absolute atomic E-state index is 12.2. The summed E-state index contributed by atoms with van der Waals surface area (Å²) in [5.41, 5.74) is -0.0307. The monoisotopic (exact) mass is 319 g/mol. The summed E-state index contributed by atoms with van der Waals surface area (Å²) in [6, 6.07) is 4.98. The van der Waals surface area contributed by atoms with Crippen LogP contribution in [0.5, 0.6) is 0 Å². The Morgan fingerprint density at radius 1 is 1.14 bits per heavy atom. The molecule has 0 N–H and O–H groups in total. The number of hydrogen-bond acceptors (Lipinski definition) is 5. The lowest BCUT2D eigenvalue weighted by atomic mass is 10.1. The molecule has 0 amide bonds. The molecule has 0 spiro atoms. The molecule has 0 bridgehead atoms. The maximum Gasteiger partial charge on any atom is 0.289 e. The number of rotatable bonds is 3. The van der Waals surface area contributed by atoms with E-state index in [0.29, 0.717) is 5.57 Å². The molecule has 7 nitrogen and oxygen atoms in total. The third-order valence-electron chi connectivity index (χ3n) is 2.84. The first-order valence-corrected chi connectivity index (χ1v) is 7.58. The third-order valence-corrected chi connectivity index (χ3v) is 4.19. The molecule has 0 saturated heterocycles. The van der Waals surface area contributed by atoms with Crippen molar-refractivity contribution in [1.82, 2.24) is 0 Å². The van der Waals surface area contributed by atoms with Crippen LogP contribution in [0.4, 0.5) is 5.69 Å². The number of nitrogens with zero attached hydrogens (tertiary/aromatic N) is 2. The van der Waals surface area contributed by atoms with E-state index in [1.807, 2.05) is 0 Å². The molecule has 0 aromatic heterocycles. The molecule has 1 aromatic rings. The van der Waals surface area contributed by atoms with Crippen LogP contribution in [0.3, 0.4) is 0 Å². The molecule has 22 heavy (non-hydrogen) atoms. The van der Waals surface area contributed by atoms with Crippen molar-refractivity contribution in [2.75, 3.05) is 0 Å². The summed E-state index contributed by atoms with van der Waals surface area (Å²) in [6.07, 6.45) is 5.61. The number of sulfonamides is 1. The molecule has 1 aliphatic rings. The molecule has 0 radical (unpaired) electrons.